The number of tetrazole rings is 1. The van der Waals surface area contributed by atoms with Crippen LogP contribution in [0.3, 0.4) is 0 Å². The summed E-state index contributed by atoms with van der Waals surface area (Å²) in [5, 5.41) is 11.5. The van der Waals surface area contributed by atoms with Crippen LogP contribution >= 0.6 is 0 Å². The van der Waals surface area contributed by atoms with Crippen LogP contribution in [0.25, 0.3) is 11.4 Å². The van der Waals surface area contributed by atoms with Crippen LogP contribution in [0.2, 0.25) is 0 Å². The van der Waals surface area contributed by atoms with E-state index in [1.165, 1.54) is 12.1 Å². The van der Waals surface area contributed by atoms with Crippen LogP contribution in [0.4, 0.5) is 10.1 Å². The van der Waals surface area contributed by atoms with Gasteiger partial charge in [-0.05, 0) is 35.0 Å². The van der Waals surface area contributed by atoms with Crippen molar-refractivity contribution in [3.05, 3.63) is 24.0 Å². The van der Waals surface area contributed by atoms with E-state index in [2.05, 4.69) is 15.5 Å². The van der Waals surface area contributed by atoms with E-state index in [9.17, 15) is 4.39 Å². The Bertz CT molecular complexity index is 544. The van der Waals surface area contributed by atoms with Crippen molar-refractivity contribution in [2.24, 2.45) is 0 Å². The number of nitrogen functional groups attached to an aromatic ring is 1. The Hall–Kier alpha value is -2.02. The van der Waals surface area contributed by atoms with Crippen molar-refractivity contribution in [1.82, 2.24) is 20.2 Å². The van der Waals surface area contributed by atoms with Gasteiger partial charge in [-0.25, -0.2) is 9.07 Å². The SMILES string of the molecule is Nc1cc(F)cc(-c2nnnn2C2CCOC2)c1. The molecule has 2 heterocycles. The topological polar surface area (TPSA) is 78.9 Å². The fraction of sp³-hybridized carbons (Fsp3) is 0.364. The molecule has 0 saturated carbocycles. The highest BCUT2D eigenvalue weighted by atomic mass is 19.1. The van der Waals surface area contributed by atoms with Gasteiger partial charge in [-0.3, -0.25) is 0 Å². The van der Waals surface area contributed by atoms with Crippen LogP contribution in [0.5, 0.6) is 0 Å². The lowest BCUT2D eigenvalue weighted by Gasteiger charge is -2.10. The van der Waals surface area contributed by atoms with Gasteiger partial charge in [-0.15, -0.1) is 5.10 Å². The van der Waals surface area contributed by atoms with Gasteiger partial charge in [0.2, 0.25) is 0 Å². The Morgan fingerprint density at radius 1 is 1.39 bits per heavy atom. The van der Waals surface area contributed by atoms with Gasteiger partial charge in [0.1, 0.15) is 5.82 Å². The summed E-state index contributed by atoms with van der Waals surface area (Å²) in [7, 11) is 0. The van der Waals surface area contributed by atoms with Crippen LogP contribution in [-0.2, 0) is 4.74 Å². The van der Waals surface area contributed by atoms with E-state index in [1.807, 2.05) is 0 Å². The van der Waals surface area contributed by atoms with Crippen LogP contribution in [0, 0.1) is 5.82 Å². The molecule has 1 fully saturated rings. The van der Waals surface area contributed by atoms with E-state index in [0.717, 1.165) is 6.42 Å². The Morgan fingerprint density at radius 3 is 3.00 bits per heavy atom. The van der Waals surface area contributed by atoms with E-state index < -0.39 is 5.82 Å². The highest BCUT2D eigenvalue weighted by Gasteiger charge is 2.23. The van der Waals surface area contributed by atoms with Crippen LogP contribution < -0.4 is 5.73 Å². The van der Waals surface area contributed by atoms with E-state index in [4.69, 9.17) is 10.5 Å². The number of aromatic nitrogens is 4. The summed E-state index contributed by atoms with van der Waals surface area (Å²) in [4.78, 5) is 0. The smallest absolute Gasteiger partial charge is 0.182 e. The first-order valence-electron chi connectivity index (χ1n) is 5.66. The molecule has 94 valence electrons. The molecule has 18 heavy (non-hydrogen) atoms. The maximum absolute atomic E-state index is 13.3. The fourth-order valence-electron chi connectivity index (χ4n) is 2.09. The summed E-state index contributed by atoms with van der Waals surface area (Å²) < 4.78 is 20.3. The number of benzene rings is 1. The molecule has 0 radical (unpaired) electrons. The van der Waals surface area contributed by atoms with Crippen LogP contribution in [-0.4, -0.2) is 33.4 Å². The Labute approximate surface area is 103 Å². The minimum Gasteiger partial charge on any atom is -0.399 e. The third kappa shape index (κ3) is 1.92. The monoisotopic (exact) mass is 249 g/mol. The normalized spacial score (nSPS) is 19.3. The number of hydrogen-bond acceptors (Lipinski definition) is 5. The van der Waals surface area contributed by atoms with Gasteiger partial charge in [0.15, 0.2) is 5.82 Å². The maximum atomic E-state index is 13.3. The molecule has 1 aliphatic heterocycles. The fourth-order valence-corrected chi connectivity index (χ4v) is 2.09. The number of nitrogens with zero attached hydrogens (tertiary/aromatic N) is 4. The predicted octanol–water partition coefficient (Wildman–Crippen LogP) is 1.02. The van der Waals surface area contributed by atoms with Gasteiger partial charge in [-0.1, -0.05) is 0 Å². The van der Waals surface area contributed by atoms with Crippen LogP contribution in [0.15, 0.2) is 18.2 Å². The first kappa shape index (κ1) is 11.1. The molecule has 1 aromatic carbocycles. The lowest BCUT2D eigenvalue weighted by atomic mass is 10.1. The second-order valence-electron chi connectivity index (χ2n) is 4.24. The number of anilines is 1. The van der Waals surface area contributed by atoms with E-state index in [0.29, 0.717) is 30.3 Å². The Morgan fingerprint density at radius 2 is 2.28 bits per heavy atom. The molecule has 6 nitrogen and oxygen atoms in total. The van der Waals surface area contributed by atoms with E-state index in [-0.39, 0.29) is 6.04 Å². The van der Waals surface area contributed by atoms with Crippen molar-refractivity contribution in [3.63, 3.8) is 0 Å². The van der Waals surface area contributed by atoms with Crippen molar-refractivity contribution in [2.75, 3.05) is 18.9 Å². The Balaban J connectivity index is 2.03. The average Bonchev–Trinajstić information content (AvgIpc) is 2.98. The maximum Gasteiger partial charge on any atom is 0.182 e. The van der Waals surface area contributed by atoms with Gasteiger partial charge in [0, 0.05) is 17.9 Å². The molecule has 0 bridgehead atoms. The largest absolute Gasteiger partial charge is 0.399 e. The summed E-state index contributed by atoms with van der Waals surface area (Å²) in [6.07, 6.45) is 0.850. The number of halogens is 1. The molecule has 2 aromatic rings. The molecule has 1 aromatic heterocycles. The second kappa shape index (κ2) is 4.34. The first-order valence-corrected chi connectivity index (χ1v) is 5.66. The highest BCUT2D eigenvalue weighted by Crippen LogP contribution is 2.26. The summed E-state index contributed by atoms with van der Waals surface area (Å²) in [5.41, 5.74) is 6.55. The number of ether oxygens (including phenoxy) is 1. The zero-order chi connectivity index (χ0) is 12.5. The van der Waals surface area contributed by atoms with E-state index >= 15 is 0 Å². The van der Waals surface area contributed by atoms with Gasteiger partial charge in [-0.2, -0.15) is 0 Å². The lowest BCUT2D eigenvalue weighted by Crippen LogP contribution is -2.12. The highest BCUT2D eigenvalue weighted by molar-refractivity contribution is 5.61. The number of hydrogen-bond donors (Lipinski definition) is 1. The molecular formula is C11H12FN5O. The third-order valence-corrected chi connectivity index (χ3v) is 2.92. The van der Waals surface area contributed by atoms with Crippen molar-refractivity contribution < 1.29 is 9.13 Å². The molecule has 1 saturated heterocycles. The molecule has 3 rings (SSSR count). The average molecular weight is 249 g/mol. The number of rotatable bonds is 2. The van der Waals surface area contributed by atoms with Crippen molar-refractivity contribution in [2.45, 2.75) is 12.5 Å². The van der Waals surface area contributed by atoms with Crippen molar-refractivity contribution >= 4 is 5.69 Å². The zero-order valence-electron chi connectivity index (χ0n) is 9.58. The molecule has 0 spiro atoms. The molecule has 0 aliphatic carbocycles. The van der Waals surface area contributed by atoms with Crippen molar-refractivity contribution in [1.29, 1.82) is 0 Å². The van der Waals surface area contributed by atoms with Crippen LogP contribution in [0.1, 0.15) is 12.5 Å². The Kier molecular flexibility index (Phi) is 2.67. The summed E-state index contributed by atoms with van der Waals surface area (Å²) >= 11 is 0. The third-order valence-electron chi connectivity index (χ3n) is 2.92. The van der Waals surface area contributed by atoms with Gasteiger partial charge in [0.05, 0.1) is 12.6 Å². The lowest BCUT2D eigenvalue weighted by molar-refractivity contribution is 0.184. The summed E-state index contributed by atoms with van der Waals surface area (Å²) in [6, 6.07) is 4.38. The minimum absolute atomic E-state index is 0.0968. The standard InChI is InChI=1S/C11H12FN5O/c12-8-3-7(4-9(13)5-8)11-14-15-16-17(11)10-1-2-18-6-10/h3-5,10H,1-2,6,13H2. The molecule has 1 aliphatic rings. The summed E-state index contributed by atoms with van der Waals surface area (Å²) in [5.74, 6) is 0.110. The first-order chi connectivity index (χ1) is 8.74. The zero-order valence-corrected chi connectivity index (χ0v) is 9.58. The van der Waals surface area contributed by atoms with Gasteiger partial charge < -0.3 is 10.5 Å². The molecule has 1 atom stereocenters. The minimum atomic E-state index is -0.401. The molecule has 2 N–H and O–H groups in total. The number of nitrogens with two attached hydrogens (primary N) is 1. The molecule has 7 heteroatoms. The van der Waals surface area contributed by atoms with E-state index in [1.54, 1.807) is 10.7 Å². The van der Waals surface area contributed by atoms with Crippen molar-refractivity contribution in [3.8, 4) is 11.4 Å². The molecule has 1 unspecified atom stereocenters. The molecular weight excluding hydrogens is 237 g/mol. The molecule has 0 amide bonds. The summed E-state index contributed by atoms with van der Waals surface area (Å²) in [6.45, 7) is 1.26. The predicted molar refractivity (Wildman–Crippen MR) is 62.1 cm³/mol. The van der Waals surface area contributed by atoms with Gasteiger partial charge in [0.25, 0.3) is 0 Å². The second-order valence-corrected chi connectivity index (χ2v) is 4.24. The quantitative estimate of drug-likeness (QED) is 0.804. The van der Waals surface area contributed by atoms with Gasteiger partial charge >= 0.3 is 0 Å².